The SMILES string of the molecule is O=C(O)N[C@@H]1CCC[C@H](C(=O)Nc2cc(Br)c(Cl)cn2)C1. The minimum Gasteiger partial charge on any atom is -0.465 e. The largest absolute Gasteiger partial charge is 0.465 e. The third-order valence-electron chi connectivity index (χ3n) is 3.43. The Hall–Kier alpha value is -1.34. The summed E-state index contributed by atoms with van der Waals surface area (Å²) in [6, 6.07) is 1.47. The summed E-state index contributed by atoms with van der Waals surface area (Å²) in [7, 11) is 0. The Morgan fingerprint density at radius 1 is 1.43 bits per heavy atom. The van der Waals surface area contributed by atoms with Crippen molar-refractivity contribution in [1.29, 1.82) is 0 Å². The molecule has 114 valence electrons. The second-order valence-electron chi connectivity index (χ2n) is 4.98. The van der Waals surface area contributed by atoms with E-state index >= 15 is 0 Å². The molecular formula is C13H15BrClN3O3. The monoisotopic (exact) mass is 375 g/mol. The Morgan fingerprint density at radius 2 is 2.19 bits per heavy atom. The average Bonchev–Trinajstić information content (AvgIpc) is 2.42. The normalized spacial score (nSPS) is 21.6. The molecule has 21 heavy (non-hydrogen) atoms. The van der Waals surface area contributed by atoms with Crippen LogP contribution in [-0.2, 0) is 4.79 Å². The molecule has 6 nitrogen and oxygen atoms in total. The molecule has 2 atom stereocenters. The number of nitrogens with zero attached hydrogens (tertiary/aromatic N) is 1. The second-order valence-corrected chi connectivity index (χ2v) is 6.24. The van der Waals surface area contributed by atoms with E-state index in [9.17, 15) is 9.59 Å². The molecule has 1 aromatic rings. The summed E-state index contributed by atoms with van der Waals surface area (Å²) in [4.78, 5) is 26.9. The van der Waals surface area contributed by atoms with Gasteiger partial charge in [0.25, 0.3) is 0 Å². The van der Waals surface area contributed by atoms with Gasteiger partial charge in [0, 0.05) is 22.6 Å². The van der Waals surface area contributed by atoms with Gasteiger partial charge in [0.1, 0.15) is 5.82 Å². The first-order chi connectivity index (χ1) is 9.95. The van der Waals surface area contributed by atoms with Crippen LogP contribution in [-0.4, -0.2) is 28.1 Å². The molecule has 3 N–H and O–H groups in total. The molecule has 1 heterocycles. The summed E-state index contributed by atoms with van der Waals surface area (Å²) in [5.74, 6) is 0.0602. The lowest BCUT2D eigenvalue weighted by Gasteiger charge is -2.28. The van der Waals surface area contributed by atoms with Gasteiger partial charge < -0.3 is 15.7 Å². The van der Waals surface area contributed by atoms with Crippen molar-refractivity contribution in [3.63, 3.8) is 0 Å². The van der Waals surface area contributed by atoms with Crippen LogP contribution in [0.2, 0.25) is 5.02 Å². The number of nitrogens with one attached hydrogen (secondary N) is 2. The maximum absolute atomic E-state index is 12.2. The zero-order valence-electron chi connectivity index (χ0n) is 11.1. The van der Waals surface area contributed by atoms with Gasteiger partial charge in [0.2, 0.25) is 5.91 Å². The Kier molecular flexibility index (Phi) is 5.41. The number of hydrogen-bond donors (Lipinski definition) is 3. The molecule has 2 rings (SSSR count). The summed E-state index contributed by atoms with van der Waals surface area (Å²) < 4.78 is 0.656. The summed E-state index contributed by atoms with van der Waals surface area (Å²) in [6.45, 7) is 0. The Balaban J connectivity index is 1.96. The number of carbonyl (C=O) groups is 2. The fraction of sp³-hybridized carbons (Fsp3) is 0.462. The molecule has 0 aromatic carbocycles. The minimum atomic E-state index is -1.05. The molecule has 1 fully saturated rings. The Morgan fingerprint density at radius 3 is 2.86 bits per heavy atom. The fourth-order valence-corrected chi connectivity index (χ4v) is 2.87. The number of carboxylic acid groups (broad SMARTS) is 1. The molecular weight excluding hydrogens is 362 g/mol. The smallest absolute Gasteiger partial charge is 0.404 e. The number of amides is 2. The number of hydrogen-bond acceptors (Lipinski definition) is 3. The van der Waals surface area contributed by atoms with Gasteiger partial charge in [-0.25, -0.2) is 9.78 Å². The lowest BCUT2D eigenvalue weighted by atomic mass is 9.85. The number of rotatable bonds is 3. The van der Waals surface area contributed by atoms with Gasteiger partial charge in [-0.05, 0) is 41.3 Å². The van der Waals surface area contributed by atoms with Gasteiger partial charge in [-0.2, -0.15) is 0 Å². The maximum atomic E-state index is 12.2. The van der Waals surface area contributed by atoms with Crippen LogP contribution in [0.25, 0.3) is 0 Å². The summed E-state index contributed by atoms with van der Waals surface area (Å²) in [5, 5.41) is 14.4. The third-order valence-corrected chi connectivity index (χ3v) is 4.62. The highest BCUT2D eigenvalue weighted by molar-refractivity contribution is 9.10. The van der Waals surface area contributed by atoms with E-state index in [0.717, 1.165) is 19.3 Å². The number of pyridine rings is 1. The molecule has 2 amide bonds. The Bertz CT molecular complexity index is 555. The molecule has 0 spiro atoms. The number of carbonyl (C=O) groups excluding carboxylic acids is 1. The van der Waals surface area contributed by atoms with Gasteiger partial charge in [-0.1, -0.05) is 18.0 Å². The molecule has 0 bridgehead atoms. The van der Waals surface area contributed by atoms with E-state index in [1.807, 2.05) is 0 Å². The van der Waals surface area contributed by atoms with Gasteiger partial charge in [0.05, 0.1) is 5.02 Å². The van der Waals surface area contributed by atoms with Crippen LogP contribution in [0.5, 0.6) is 0 Å². The van der Waals surface area contributed by atoms with Crippen molar-refractivity contribution in [2.45, 2.75) is 31.7 Å². The first-order valence-corrected chi connectivity index (χ1v) is 7.74. The minimum absolute atomic E-state index is 0.145. The third kappa shape index (κ3) is 4.57. The molecule has 1 aliphatic carbocycles. The van der Waals surface area contributed by atoms with E-state index in [4.69, 9.17) is 16.7 Å². The van der Waals surface area contributed by atoms with Crippen LogP contribution < -0.4 is 10.6 Å². The summed E-state index contributed by atoms with van der Waals surface area (Å²) in [6.07, 6.45) is 3.24. The highest BCUT2D eigenvalue weighted by Crippen LogP contribution is 2.27. The summed E-state index contributed by atoms with van der Waals surface area (Å²) in [5.41, 5.74) is 0. The number of aromatic nitrogens is 1. The van der Waals surface area contributed by atoms with Crippen LogP contribution in [0, 0.1) is 5.92 Å². The van der Waals surface area contributed by atoms with E-state index in [1.165, 1.54) is 6.20 Å². The fourth-order valence-electron chi connectivity index (χ4n) is 2.44. The second kappa shape index (κ2) is 7.09. The number of anilines is 1. The predicted octanol–water partition coefficient (Wildman–Crippen LogP) is 3.26. The molecule has 0 saturated heterocycles. The van der Waals surface area contributed by atoms with Crippen LogP contribution in [0.1, 0.15) is 25.7 Å². The highest BCUT2D eigenvalue weighted by atomic mass is 79.9. The van der Waals surface area contributed by atoms with Gasteiger partial charge in [0.15, 0.2) is 0 Å². The molecule has 1 saturated carbocycles. The molecule has 0 radical (unpaired) electrons. The van der Waals surface area contributed by atoms with Gasteiger partial charge in [-0.15, -0.1) is 0 Å². The van der Waals surface area contributed by atoms with Crippen LogP contribution >= 0.6 is 27.5 Å². The van der Waals surface area contributed by atoms with E-state index < -0.39 is 6.09 Å². The van der Waals surface area contributed by atoms with Crippen molar-refractivity contribution in [3.8, 4) is 0 Å². The zero-order chi connectivity index (χ0) is 15.4. The van der Waals surface area contributed by atoms with E-state index in [1.54, 1.807) is 6.07 Å². The molecule has 0 aliphatic heterocycles. The molecule has 1 aromatic heterocycles. The standard InChI is InChI=1S/C13H15BrClN3O3/c14-9-5-11(16-6-10(9)15)18-12(19)7-2-1-3-8(4-7)17-13(20)21/h5-8,17H,1-4H2,(H,20,21)(H,16,18,19)/t7-,8+/m0/s1. The van der Waals surface area contributed by atoms with E-state index in [-0.39, 0.29) is 17.9 Å². The maximum Gasteiger partial charge on any atom is 0.404 e. The predicted molar refractivity (Wildman–Crippen MR) is 82.5 cm³/mol. The molecule has 0 unspecified atom stereocenters. The van der Waals surface area contributed by atoms with Crippen LogP contribution in [0.3, 0.4) is 0 Å². The average molecular weight is 377 g/mol. The first kappa shape index (κ1) is 16.0. The lowest BCUT2D eigenvalue weighted by Crippen LogP contribution is -2.40. The van der Waals surface area contributed by atoms with Crippen molar-refractivity contribution in [3.05, 3.63) is 21.8 Å². The van der Waals surface area contributed by atoms with Crippen molar-refractivity contribution < 1.29 is 14.7 Å². The number of halogens is 2. The summed E-state index contributed by atoms with van der Waals surface area (Å²) >= 11 is 9.12. The quantitative estimate of drug-likeness (QED) is 0.755. The molecule has 8 heteroatoms. The van der Waals surface area contributed by atoms with E-state index in [0.29, 0.717) is 21.7 Å². The highest BCUT2D eigenvalue weighted by Gasteiger charge is 2.28. The van der Waals surface area contributed by atoms with Crippen LogP contribution in [0.15, 0.2) is 16.7 Å². The first-order valence-electron chi connectivity index (χ1n) is 6.57. The molecule has 1 aliphatic rings. The zero-order valence-corrected chi connectivity index (χ0v) is 13.4. The van der Waals surface area contributed by atoms with Crippen molar-refractivity contribution >= 4 is 45.3 Å². The van der Waals surface area contributed by atoms with Crippen LogP contribution in [0.4, 0.5) is 10.6 Å². The Labute approximate surface area is 135 Å². The lowest BCUT2D eigenvalue weighted by molar-refractivity contribution is -0.121. The van der Waals surface area contributed by atoms with Crippen molar-refractivity contribution in [2.75, 3.05) is 5.32 Å². The van der Waals surface area contributed by atoms with Crippen molar-refractivity contribution in [2.24, 2.45) is 5.92 Å². The van der Waals surface area contributed by atoms with Gasteiger partial charge >= 0.3 is 6.09 Å². The van der Waals surface area contributed by atoms with Crippen molar-refractivity contribution in [1.82, 2.24) is 10.3 Å². The van der Waals surface area contributed by atoms with Gasteiger partial charge in [-0.3, -0.25) is 4.79 Å². The topological polar surface area (TPSA) is 91.3 Å². The van der Waals surface area contributed by atoms with E-state index in [2.05, 4.69) is 31.5 Å².